The molecule has 0 spiro atoms. The Morgan fingerprint density at radius 3 is 2.91 bits per heavy atom. The normalized spacial score (nSPS) is 23.7. The second-order valence-electron chi connectivity index (χ2n) is 6.12. The molecule has 0 saturated carbocycles. The van der Waals surface area contributed by atoms with E-state index in [1.807, 2.05) is 0 Å². The van der Waals surface area contributed by atoms with Crippen molar-refractivity contribution in [1.82, 2.24) is 14.3 Å². The molecule has 1 saturated heterocycles. The molecule has 2 bridgehead atoms. The molecule has 0 N–H and O–H groups in total. The largest absolute Gasteiger partial charge is 0.244 e. The van der Waals surface area contributed by atoms with E-state index in [9.17, 15) is 12.8 Å². The third kappa shape index (κ3) is 2.18. The second kappa shape index (κ2) is 5.07. The molecule has 2 atom stereocenters. The average Bonchev–Trinajstić information content (AvgIpc) is 2.84. The first-order chi connectivity index (χ1) is 11.0. The van der Waals surface area contributed by atoms with Crippen LogP contribution in [0.3, 0.4) is 0 Å². The van der Waals surface area contributed by atoms with Crippen LogP contribution < -0.4 is 0 Å². The summed E-state index contributed by atoms with van der Waals surface area (Å²) in [5.41, 5.74) is 2.26. The molecule has 1 aromatic carbocycles. The van der Waals surface area contributed by atoms with Crippen molar-refractivity contribution in [2.24, 2.45) is 0 Å². The fourth-order valence-electron chi connectivity index (χ4n) is 3.76. The van der Waals surface area contributed by atoms with Gasteiger partial charge in [-0.25, -0.2) is 22.8 Å². The fraction of sp³-hybridized carbons (Fsp3) is 0.375. The zero-order valence-electron chi connectivity index (χ0n) is 12.6. The number of sulfonamides is 1. The Balaban J connectivity index is 1.82. The van der Waals surface area contributed by atoms with Crippen LogP contribution in [0.5, 0.6) is 0 Å². The minimum absolute atomic E-state index is 0.0862. The molecule has 23 heavy (non-hydrogen) atoms. The molecule has 1 fully saturated rings. The topological polar surface area (TPSA) is 63.2 Å². The maximum absolute atomic E-state index is 13.3. The Morgan fingerprint density at radius 2 is 2.13 bits per heavy atom. The Labute approximate surface area is 134 Å². The van der Waals surface area contributed by atoms with Gasteiger partial charge in [-0.1, -0.05) is 0 Å². The van der Waals surface area contributed by atoms with Gasteiger partial charge in [0.1, 0.15) is 12.1 Å². The minimum Gasteiger partial charge on any atom is -0.244 e. The van der Waals surface area contributed by atoms with Gasteiger partial charge < -0.3 is 0 Å². The van der Waals surface area contributed by atoms with Gasteiger partial charge in [0.15, 0.2) is 0 Å². The Bertz CT molecular complexity index is 885. The van der Waals surface area contributed by atoms with Crippen LogP contribution in [-0.2, 0) is 16.4 Å². The molecule has 0 radical (unpaired) electrons. The first kappa shape index (κ1) is 14.7. The second-order valence-corrected chi connectivity index (χ2v) is 7.93. The highest BCUT2D eigenvalue weighted by Gasteiger charge is 2.47. The van der Waals surface area contributed by atoms with E-state index in [1.165, 1.54) is 24.5 Å². The van der Waals surface area contributed by atoms with Crippen LogP contribution >= 0.6 is 0 Å². The lowest BCUT2D eigenvalue weighted by molar-refractivity contribution is 0.300. The van der Waals surface area contributed by atoms with Crippen LogP contribution in [0, 0.1) is 12.7 Å². The summed E-state index contributed by atoms with van der Waals surface area (Å²) in [6.45, 7) is 1.62. The minimum atomic E-state index is -3.68. The zero-order valence-corrected chi connectivity index (χ0v) is 13.4. The quantitative estimate of drug-likeness (QED) is 0.846. The van der Waals surface area contributed by atoms with Crippen LogP contribution in [0.2, 0.25) is 0 Å². The van der Waals surface area contributed by atoms with Gasteiger partial charge in [0.25, 0.3) is 0 Å². The monoisotopic (exact) mass is 333 g/mol. The van der Waals surface area contributed by atoms with Crippen molar-refractivity contribution >= 4 is 10.0 Å². The van der Waals surface area contributed by atoms with Gasteiger partial charge in [-0.05, 0) is 43.5 Å². The van der Waals surface area contributed by atoms with Gasteiger partial charge in [-0.3, -0.25) is 0 Å². The van der Waals surface area contributed by atoms with Crippen molar-refractivity contribution in [3.8, 4) is 0 Å². The van der Waals surface area contributed by atoms with Crippen LogP contribution in [0.25, 0.3) is 0 Å². The highest BCUT2D eigenvalue weighted by molar-refractivity contribution is 7.89. The Kier molecular flexibility index (Phi) is 3.24. The van der Waals surface area contributed by atoms with Gasteiger partial charge in [0, 0.05) is 24.2 Å². The standard InChI is InChI=1S/C16H16FN3O2S/c1-10-6-11(17)2-5-16(10)23(21,22)20-12-3-4-15(20)13-8-18-9-19-14(13)7-12/h2,5-6,8-9,12,15H,3-4,7H2,1H3. The Morgan fingerprint density at radius 1 is 1.30 bits per heavy atom. The number of fused-ring (bicyclic) bond motifs is 4. The lowest BCUT2D eigenvalue weighted by Gasteiger charge is -2.34. The summed E-state index contributed by atoms with van der Waals surface area (Å²) < 4.78 is 41.2. The summed E-state index contributed by atoms with van der Waals surface area (Å²) >= 11 is 0. The van der Waals surface area contributed by atoms with Gasteiger partial charge in [-0.15, -0.1) is 0 Å². The van der Waals surface area contributed by atoms with Crippen LogP contribution in [0.4, 0.5) is 4.39 Å². The number of rotatable bonds is 2. The molecule has 0 aliphatic carbocycles. The summed E-state index contributed by atoms with van der Waals surface area (Å²) in [4.78, 5) is 8.52. The molecule has 4 rings (SSSR count). The van der Waals surface area contributed by atoms with Crippen molar-refractivity contribution in [3.05, 3.63) is 53.4 Å². The summed E-state index contributed by atoms with van der Waals surface area (Å²) in [5.74, 6) is -0.429. The molecular weight excluding hydrogens is 317 g/mol. The fourth-order valence-corrected chi connectivity index (χ4v) is 5.82. The number of nitrogens with zero attached hydrogens (tertiary/aromatic N) is 3. The third-order valence-corrected chi connectivity index (χ3v) is 6.87. The van der Waals surface area contributed by atoms with E-state index < -0.39 is 15.8 Å². The predicted molar refractivity (Wildman–Crippen MR) is 81.7 cm³/mol. The van der Waals surface area contributed by atoms with Crippen molar-refractivity contribution in [2.75, 3.05) is 0 Å². The molecule has 2 unspecified atom stereocenters. The van der Waals surface area contributed by atoms with Gasteiger partial charge in [0.2, 0.25) is 10.0 Å². The first-order valence-electron chi connectivity index (χ1n) is 7.57. The number of hydrogen-bond acceptors (Lipinski definition) is 4. The van der Waals surface area contributed by atoms with Gasteiger partial charge >= 0.3 is 0 Å². The number of halogens is 1. The molecule has 5 nitrogen and oxygen atoms in total. The highest BCUT2D eigenvalue weighted by Crippen LogP contribution is 2.46. The molecule has 1 aromatic heterocycles. The van der Waals surface area contributed by atoms with Crippen molar-refractivity contribution in [3.63, 3.8) is 0 Å². The van der Waals surface area contributed by atoms with Crippen molar-refractivity contribution in [1.29, 1.82) is 0 Å². The smallest absolute Gasteiger partial charge is 0.244 e. The van der Waals surface area contributed by atoms with E-state index in [2.05, 4.69) is 9.97 Å². The number of aryl methyl sites for hydroxylation is 1. The SMILES string of the molecule is Cc1cc(F)ccc1S(=O)(=O)N1C2CCC1c1cncnc1C2. The zero-order chi connectivity index (χ0) is 16.2. The molecule has 0 amide bonds. The predicted octanol–water partition coefficient (Wildman–Crippen LogP) is 2.37. The van der Waals surface area contributed by atoms with Crippen LogP contribution in [0.15, 0.2) is 35.6 Å². The Hall–Kier alpha value is -1.86. The van der Waals surface area contributed by atoms with E-state index in [4.69, 9.17) is 0 Å². The van der Waals surface area contributed by atoms with Gasteiger partial charge in [-0.2, -0.15) is 4.31 Å². The summed E-state index contributed by atoms with van der Waals surface area (Å²) in [7, 11) is -3.68. The van der Waals surface area contributed by atoms with Crippen LogP contribution in [-0.4, -0.2) is 28.7 Å². The first-order valence-corrected chi connectivity index (χ1v) is 9.01. The summed E-state index contributed by atoms with van der Waals surface area (Å²) in [6, 6.07) is 3.51. The number of hydrogen-bond donors (Lipinski definition) is 0. The van der Waals surface area contributed by atoms with E-state index in [0.29, 0.717) is 12.0 Å². The summed E-state index contributed by atoms with van der Waals surface area (Å²) in [5, 5.41) is 0. The van der Waals surface area contributed by atoms with Crippen molar-refractivity contribution < 1.29 is 12.8 Å². The number of aromatic nitrogens is 2. The maximum Gasteiger partial charge on any atom is 0.244 e. The molecule has 2 aromatic rings. The van der Waals surface area contributed by atoms with Crippen molar-refractivity contribution in [2.45, 2.75) is 43.2 Å². The molecular formula is C16H16FN3O2S. The van der Waals surface area contributed by atoms with E-state index in [1.54, 1.807) is 17.4 Å². The van der Waals surface area contributed by atoms with Crippen LogP contribution in [0.1, 0.15) is 35.7 Å². The molecule has 7 heteroatoms. The lowest BCUT2D eigenvalue weighted by Crippen LogP contribution is -2.42. The molecule has 3 heterocycles. The number of benzene rings is 1. The average molecular weight is 333 g/mol. The van der Waals surface area contributed by atoms with E-state index >= 15 is 0 Å². The van der Waals surface area contributed by atoms with E-state index in [-0.39, 0.29) is 17.0 Å². The molecule has 120 valence electrons. The highest BCUT2D eigenvalue weighted by atomic mass is 32.2. The molecule has 2 aliphatic rings. The molecule has 2 aliphatic heterocycles. The van der Waals surface area contributed by atoms with Gasteiger partial charge in [0.05, 0.1) is 16.6 Å². The van der Waals surface area contributed by atoms with E-state index in [0.717, 1.165) is 24.1 Å². The summed E-state index contributed by atoms with van der Waals surface area (Å²) in [6.07, 6.45) is 5.40. The third-order valence-electron chi connectivity index (χ3n) is 4.75. The maximum atomic E-state index is 13.3. The lowest BCUT2D eigenvalue weighted by atomic mass is 10.0.